The van der Waals surface area contributed by atoms with Crippen molar-refractivity contribution in [2.75, 3.05) is 0 Å². The molecule has 1 aromatic carbocycles. The quantitative estimate of drug-likeness (QED) is 0.929. The van der Waals surface area contributed by atoms with E-state index in [9.17, 15) is 9.18 Å². The molecule has 1 rings (SSSR count). The van der Waals surface area contributed by atoms with E-state index in [1.165, 1.54) is 12.1 Å². The molecule has 0 saturated carbocycles. The van der Waals surface area contributed by atoms with Crippen molar-refractivity contribution >= 4 is 21.8 Å². The number of carbonyl (C=O) groups excluding carboxylic acids is 1. The molecule has 1 amide bonds. The number of rotatable bonds is 4. The summed E-state index contributed by atoms with van der Waals surface area (Å²) in [6.45, 7) is 1.91. The molecule has 1 atom stereocenters. The van der Waals surface area contributed by atoms with Crippen molar-refractivity contribution in [2.24, 2.45) is 0 Å². The Bertz CT molecular complexity index is 456. The average Bonchev–Trinajstić information content (AvgIpc) is 2.28. The molecule has 0 heterocycles. The molecule has 0 radical (unpaired) electrons. The van der Waals surface area contributed by atoms with Gasteiger partial charge in [0.15, 0.2) is 0 Å². The molecule has 0 saturated heterocycles. The van der Waals surface area contributed by atoms with Crippen LogP contribution < -0.4 is 5.32 Å². The first-order valence-corrected chi connectivity index (χ1v) is 6.03. The van der Waals surface area contributed by atoms with Gasteiger partial charge >= 0.3 is 0 Å². The first-order valence-electron chi connectivity index (χ1n) is 5.24. The van der Waals surface area contributed by atoms with Gasteiger partial charge in [0.05, 0.1) is 11.6 Å². The maximum Gasteiger partial charge on any atom is 0.255 e. The van der Waals surface area contributed by atoms with Crippen LogP contribution >= 0.6 is 15.9 Å². The molecule has 0 aliphatic rings. The lowest BCUT2D eigenvalue weighted by atomic mass is 10.1. The number of carbonyl (C=O) groups is 1. The van der Waals surface area contributed by atoms with Gasteiger partial charge in [-0.25, -0.2) is 4.39 Å². The van der Waals surface area contributed by atoms with Crippen LogP contribution in [0.4, 0.5) is 4.39 Å². The van der Waals surface area contributed by atoms with Crippen LogP contribution in [0.3, 0.4) is 0 Å². The Morgan fingerprint density at radius 2 is 2.35 bits per heavy atom. The molecule has 0 aliphatic heterocycles. The Morgan fingerprint density at radius 3 is 2.88 bits per heavy atom. The SMILES string of the molecule is CCCC(C#N)NC(=O)c1ccc(Br)cc1F. The Balaban J connectivity index is 2.79. The van der Waals surface area contributed by atoms with E-state index in [4.69, 9.17) is 5.26 Å². The molecule has 0 aromatic heterocycles. The highest BCUT2D eigenvalue weighted by atomic mass is 79.9. The minimum absolute atomic E-state index is 0.0513. The van der Waals surface area contributed by atoms with Crippen molar-refractivity contribution in [1.29, 1.82) is 5.26 Å². The van der Waals surface area contributed by atoms with E-state index < -0.39 is 17.8 Å². The number of hydrogen-bond acceptors (Lipinski definition) is 2. The summed E-state index contributed by atoms with van der Waals surface area (Å²) in [6, 6.07) is 5.58. The van der Waals surface area contributed by atoms with Gasteiger partial charge in [-0.3, -0.25) is 4.79 Å². The summed E-state index contributed by atoms with van der Waals surface area (Å²) in [4.78, 5) is 11.7. The zero-order valence-electron chi connectivity index (χ0n) is 9.34. The van der Waals surface area contributed by atoms with Gasteiger partial charge in [-0.05, 0) is 24.6 Å². The van der Waals surface area contributed by atoms with Crippen molar-refractivity contribution < 1.29 is 9.18 Å². The van der Waals surface area contributed by atoms with Gasteiger partial charge in [-0.1, -0.05) is 29.3 Å². The number of amides is 1. The third-order valence-corrected chi connectivity index (χ3v) is 2.71. The molecule has 0 fully saturated rings. The summed E-state index contributed by atoms with van der Waals surface area (Å²) in [5, 5.41) is 11.3. The van der Waals surface area contributed by atoms with Crippen LogP contribution in [0.15, 0.2) is 22.7 Å². The van der Waals surface area contributed by atoms with Gasteiger partial charge in [0, 0.05) is 4.47 Å². The molecule has 1 aromatic rings. The van der Waals surface area contributed by atoms with Crippen LogP contribution in [0.5, 0.6) is 0 Å². The standard InChI is InChI=1S/C12H12BrFN2O/c1-2-3-9(7-15)16-12(17)10-5-4-8(13)6-11(10)14/h4-6,9H,2-3H2,1H3,(H,16,17). The zero-order valence-corrected chi connectivity index (χ0v) is 10.9. The minimum atomic E-state index is -0.606. The van der Waals surface area contributed by atoms with Crippen molar-refractivity contribution in [3.8, 4) is 6.07 Å². The van der Waals surface area contributed by atoms with Crippen molar-refractivity contribution in [1.82, 2.24) is 5.32 Å². The van der Waals surface area contributed by atoms with E-state index in [1.54, 1.807) is 6.07 Å². The first-order chi connectivity index (χ1) is 8.08. The molecule has 0 aliphatic carbocycles. The van der Waals surface area contributed by atoms with E-state index in [0.717, 1.165) is 6.42 Å². The number of halogens is 2. The van der Waals surface area contributed by atoms with E-state index in [-0.39, 0.29) is 5.56 Å². The monoisotopic (exact) mass is 298 g/mol. The second kappa shape index (κ2) is 6.36. The smallest absolute Gasteiger partial charge is 0.255 e. The van der Waals surface area contributed by atoms with Crippen LogP contribution in [0.1, 0.15) is 30.1 Å². The van der Waals surface area contributed by atoms with Crippen LogP contribution in [0.25, 0.3) is 0 Å². The lowest BCUT2D eigenvalue weighted by Gasteiger charge is -2.10. The average molecular weight is 299 g/mol. The summed E-state index contributed by atoms with van der Waals surface area (Å²) in [5.74, 6) is -1.17. The third kappa shape index (κ3) is 3.82. The van der Waals surface area contributed by atoms with Gasteiger partial charge in [0.2, 0.25) is 0 Å². The number of nitrogens with one attached hydrogen (secondary N) is 1. The lowest BCUT2D eigenvalue weighted by Crippen LogP contribution is -2.34. The fourth-order valence-corrected chi connectivity index (χ4v) is 1.70. The van der Waals surface area contributed by atoms with E-state index in [0.29, 0.717) is 10.9 Å². The zero-order chi connectivity index (χ0) is 12.8. The molecule has 1 N–H and O–H groups in total. The topological polar surface area (TPSA) is 52.9 Å². The maximum absolute atomic E-state index is 13.5. The van der Waals surface area contributed by atoms with Crippen molar-refractivity contribution in [3.05, 3.63) is 34.1 Å². The molecule has 5 heteroatoms. The van der Waals surface area contributed by atoms with Crippen molar-refractivity contribution in [3.63, 3.8) is 0 Å². The van der Waals surface area contributed by atoms with E-state index in [2.05, 4.69) is 21.2 Å². The molecule has 90 valence electrons. The molecule has 0 bridgehead atoms. The predicted octanol–water partition coefficient (Wildman–Crippen LogP) is 3.01. The largest absolute Gasteiger partial charge is 0.336 e. The minimum Gasteiger partial charge on any atom is -0.336 e. The highest BCUT2D eigenvalue weighted by Crippen LogP contribution is 2.15. The third-order valence-electron chi connectivity index (χ3n) is 2.21. The fourth-order valence-electron chi connectivity index (χ4n) is 1.37. The Morgan fingerprint density at radius 1 is 1.65 bits per heavy atom. The second-order valence-electron chi connectivity index (χ2n) is 3.57. The normalized spacial score (nSPS) is 11.6. The van der Waals surface area contributed by atoms with Crippen molar-refractivity contribution in [2.45, 2.75) is 25.8 Å². The van der Waals surface area contributed by atoms with Gasteiger partial charge in [-0.15, -0.1) is 0 Å². The van der Waals surface area contributed by atoms with Crippen LogP contribution in [-0.2, 0) is 0 Å². The number of benzene rings is 1. The van der Waals surface area contributed by atoms with Gasteiger partial charge in [0.1, 0.15) is 11.9 Å². The Labute approximate surface area is 108 Å². The van der Waals surface area contributed by atoms with Crippen LogP contribution in [0.2, 0.25) is 0 Å². The highest BCUT2D eigenvalue weighted by Gasteiger charge is 2.15. The first kappa shape index (κ1) is 13.7. The highest BCUT2D eigenvalue weighted by molar-refractivity contribution is 9.10. The number of nitrogens with zero attached hydrogens (tertiary/aromatic N) is 1. The number of nitriles is 1. The van der Waals surface area contributed by atoms with Gasteiger partial charge in [0.25, 0.3) is 5.91 Å². The van der Waals surface area contributed by atoms with Crippen LogP contribution in [0, 0.1) is 17.1 Å². The van der Waals surface area contributed by atoms with Gasteiger partial charge in [-0.2, -0.15) is 5.26 Å². The number of hydrogen-bond donors (Lipinski definition) is 1. The molecule has 1 unspecified atom stereocenters. The fraction of sp³-hybridized carbons (Fsp3) is 0.333. The summed E-state index contributed by atoms with van der Waals surface area (Å²) >= 11 is 3.11. The van der Waals surface area contributed by atoms with Gasteiger partial charge < -0.3 is 5.32 Å². The summed E-state index contributed by atoms with van der Waals surface area (Å²) < 4.78 is 14.0. The molecule has 17 heavy (non-hydrogen) atoms. The Hall–Kier alpha value is -1.41. The molecule has 3 nitrogen and oxygen atoms in total. The maximum atomic E-state index is 13.5. The molecular formula is C12H12BrFN2O. The summed E-state index contributed by atoms with van der Waals surface area (Å²) in [7, 11) is 0. The second-order valence-corrected chi connectivity index (χ2v) is 4.48. The summed E-state index contributed by atoms with van der Waals surface area (Å²) in [5.41, 5.74) is -0.0513. The van der Waals surface area contributed by atoms with E-state index >= 15 is 0 Å². The molecule has 0 spiro atoms. The lowest BCUT2D eigenvalue weighted by molar-refractivity contribution is 0.0940. The van der Waals surface area contributed by atoms with Crippen LogP contribution in [-0.4, -0.2) is 11.9 Å². The molecular weight excluding hydrogens is 287 g/mol. The summed E-state index contributed by atoms with van der Waals surface area (Å²) in [6.07, 6.45) is 1.34. The Kier molecular flexibility index (Phi) is 5.11. The van der Waals surface area contributed by atoms with E-state index in [1.807, 2.05) is 13.0 Å². The predicted molar refractivity (Wildman–Crippen MR) is 65.9 cm³/mol.